The second-order valence-electron chi connectivity index (χ2n) is 7.89. The van der Waals surface area contributed by atoms with E-state index >= 15 is 0 Å². The second-order valence-corrected chi connectivity index (χ2v) is 8.95. The Morgan fingerprint density at radius 3 is 2.51 bits per heavy atom. The highest BCUT2D eigenvalue weighted by atomic mass is 32.1. The number of carbonyl (C=O) groups is 1. The number of aryl methyl sites for hydroxylation is 1. The van der Waals surface area contributed by atoms with Crippen LogP contribution in [0.4, 0.5) is 5.69 Å². The van der Waals surface area contributed by atoms with E-state index in [2.05, 4.69) is 9.97 Å². The predicted molar refractivity (Wildman–Crippen MR) is 137 cm³/mol. The number of oxazole rings is 1. The van der Waals surface area contributed by atoms with Gasteiger partial charge in [-0.3, -0.25) is 14.3 Å². The molecule has 3 aromatic heterocycles. The molecule has 5 aromatic rings. The summed E-state index contributed by atoms with van der Waals surface area (Å²) < 4.78 is 7.52. The number of carbonyl (C=O) groups excluding carboxylic acids is 1. The van der Waals surface area contributed by atoms with Gasteiger partial charge in [-0.25, -0.2) is 9.78 Å². The van der Waals surface area contributed by atoms with Crippen LogP contribution < -0.4 is 10.7 Å². The average molecular weight is 486 g/mol. The van der Waals surface area contributed by atoms with Crippen molar-refractivity contribution in [1.29, 1.82) is 5.26 Å². The molecule has 0 aliphatic carbocycles. The number of nitriles is 1. The molecule has 0 saturated heterocycles. The van der Waals surface area contributed by atoms with Gasteiger partial charge in [0, 0.05) is 45.1 Å². The largest absolute Gasteiger partial charge is 0.419 e. The number of hydrogen-bond acceptors (Lipinski definition) is 8. The number of thiazole rings is 1. The minimum Gasteiger partial charge on any atom is -0.408 e. The van der Waals surface area contributed by atoms with Crippen LogP contribution in [-0.4, -0.2) is 34.4 Å². The summed E-state index contributed by atoms with van der Waals surface area (Å²) in [7, 11) is 4.02. The van der Waals surface area contributed by atoms with Gasteiger partial charge in [-0.2, -0.15) is 5.26 Å². The average Bonchev–Trinajstić information content (AvgIpc) is 3.44. The van der Waals surface area contributed by atoms with Gasteiger partial charge in [0.05, 0.1) is 21.8 Å². The van der Waals surface area contributed by atoms with Crippen molar-refractivity contribution in [2.75, 3.05) is 19.0 Å². The smallest absolute Gasteiger partial charge is 0.408 e. The lowest BCUT2D eigenvalue weighted by molar-refractivity contribution is -0.119. The third-order valence-electron chi connectivity index (χ3n) is 5.34. The van der Waals surface area contributed by atoms with Crippen LogP contribution in [0.1, 0.15) is 17.3 Å². The molecule has 0 spiro atoms. The number of anilines is 1. The molecule has 0 saturated carbocycles. The monoisotopic (exact) mass is 485 g/mol. The molecular weight excluding hydrogens is 462 g/mol. The molecule has 0 N–H and O–H groups in total. The second kappa shape index (κ2) is 10.8. The molecule has 3 heterocycles. The predicted octanol–water partition coefficient (Wildman–Crippen LogP) is 4.62. The molecule has 0 amide bonds. The first kappa shape index (κ1) is 23.9. The first-order chi connectivity index (χ1) is 17.0. The molecule has 0 bridgehead atoms. The lowest BCUT2D eigenvalue weighted by atomic mass is 10.0. The molecule has 0 aliphatic rings. The molecule has 0 aliphatic heterocycles. The van der Waals surface area contributed by atoms with Gasteiger partial charge >= 0.3 is 5.76 Å². The molecule has 2 aromatic carbocycles. The summed E-state index contributed by atoms with van der Waals surface area (Å²) in [5.74, 6) is -1.70. The Kier molecular flexibility index (Phi) is 7.33. The van der Waals surface area contributed by atoms with Crippen LogP contribution in [0.3, 0.4) is 0 Å². The highest BCUT2D eigenvalue weighted by Crippen LogP contribution is 2.28. The first-order valence-corrected chi connectivity index (χ1v) is 11.7. The SMILES string of the molecule is CN(C)c1ccncc1.N#CC(C(=O)CCn1c(=O)oc2ccccc21)c1nc2ccccc2s1. The van der Waals surface area contributed by atoms with Gasteiger partial charge in [0.25, 0.3) is 0 Å². The number of para-hydroxylation sites is 3. The van der Waals surface area contributed by atoms with Crippen LogP contribution >= 0.6 is 11.3 Å². The number of ketones is 1. The number of aromatic nitrogens is 3. The van der Waals surface area contributed by atoms with E-state index in [0.717, 1.165) is 10.2 Å². The van der Waals surface area contributed by atoms with E-state index in [1.54, 1.807) is 36.7 Å². The van der Waals surface area contributed by atoms with Crippen LogP contribution in [-0.2, 0) is 11.3 Å². The Labute approximate surface area is 205 Å². The Hall–Kier alpha value is -4.29. The van der Waals surface area contributed by atoms with Crippen LogP contribution in [0.25, 0.3) is 21.3 Å². The van der Waals surface area contributed by atoms with Crippen molar-refractivity contribution in [3.05, 3.63) is 88.6 Å². The number of fused-ring (bicyclic) bond motifs is 2. The standard InChI is InChI=1S/C19H13N3O3S.C7H10N2/c20-11-12(18-21-13-5-1-4-8-17(13)26-18)15(23)9-10-22-14-6-2-3-7-16(14)25-19(22)24;1-9(2)7-3-5-8-6-4-7/h1-8,12H,9-10H2;3-6H,1-2H3. The fourth-order valence-electron chi connectivity index (χ4n) is 3.51. The van der Waals surface area contributed by atoms with Gasteiger partial charge < -0.3 is 9.32 Å². The normalized spacial score (nSPS) is 11.5. The zero-order valence-corrected chi connectivity index (χ0v) is 20.1. The van der Waals surface area contributed by atoms with Gasteiger partial charge in [0.2, 0.25) is 0 Å². The van der Waals surface area contributed by atoms with Crippen LogP contribution in [0, 0.1) is 11.3 Å². The van der Waals surface area contributed by atoms with E-state index < -0.39 is 11.7 Å². The third kappa shape index (κ3) is 5.45. The molecule has 1 unspecified atom stereocenters. The summed E-state index contributed by atoms with van der Waals surface area (Å²) in [6.07, 6.45) is 3.63. The van der Waals surface area contributed by atoms with E-state index in [4.69, 9.17) is 4.42 Å². The summed E-state index contributed by atoms with van der Waals surface area (Å²) in [4.78, 5) is 34.9. The minimum absolute atomic E-state index is 0.0532. The van der Waals surface area contributed by atoms with E-state index in [0.29, 0.717) is 16.1 Å². The van der Waals surface area contributed by atoms with Crippen LogP contribution in [0.15, 0.2) is 82.3 Å². The fraction of sp³-hybridized carbons (Fsp3) is 0.192. The maximum absolute atomic E-state index is 12.6. The summed E-state index contributed by atoms with van der Waals surface area (Å²) in [6.45, 7) is 0.164. The maximum Gasteiger partial charge on any atom is 0.419 e. The van der Waals surface area contributed by atoms with Crippen molar-refractivity contribution in [1.82, 2.24) is 14.5 Å². The van der Waals surface area contributed by atoms with Crippen molar-refractivity contribution in [2.24, 2.45) is 0 Å². The Morgan fingerprint density at radius 1 is 1.11 bits per heavy atom. The Bertz CT molecular complexity index is 1510. The van der Waals surface area contributed by atoms with Gasteiger partial charge in [0.15, 0.2) is 17.3 Å². The van der Waals surface area contributed by atoms with E-state index in [-0.39, 0.29) is 18.7 Å². The van der Waals surface area contributed by atoms with E-state index in [1.165, 1.54) is 21.6 Å². The maximum atomic E-state index is 12.6. The zero-order chi connectivity index (χ0) is 24.8. The number of rotatable bonds is 6. The van der Waals surface area contributed by atoms with E-state index in [9.17, 15) is 14.9 Å². The fourth-order valence-corrected chi connectivity index (χ4v) is 4.55. The Balaban J connectivity index is 0.000000271. The molecule has 1 atom stereocenters. The van der Waals surface area contributed by atoms with E-state index in [1.807, 2.05) is 61.5 Å². The van der Waals surface area contributed by atoms with Crippen molar-refractivity contribution in [3.63, 3.8) is 0 Å². The van der Waals surface area contributed by atoms with Crippen molar-refractivity contribution < 1.29 is 9.21 Å². The van der Waals surface area contributed by atoms with Crippen LogP contribution in [0.5, 0.6) is 0 Å². The van der Waals surface area contributed by atoms with Gasteiger partial charge in [0.1, 0.15) is 5.01 Å². The highest BCUT2D eigenvalue weighted by molar-refractivity contribution is 7.18. The number of hydrogen-bond donors (Lipinski definition) is 0. The first-order valence-electron chi connectivity index (χ1n) is 10.9. The molecule has 0 fully saturated rings. The third-order valence-corrected chi connectivity index (χ3v) is 6.44. The number of Topliss-reactive ketones (excluding diaryl/α,β-unsaturated/α-hetero) is 1. The van der Waals surface area contributed by atoms with Gasteiger partial charge in [-0.05, 0) is 36.4 Å². The van der Waals surface area contributed by atoms with Gasteiger partial charge in [-0.15, -0.1) is 11.3 Å². The van der Waals surface area contributed by atoms with Crippen molar-refractivity contribution in [3.8, 4) is 6.07 Å². The zero-order valence-electron chi connectivity index (χ0n) is 19.3. The quantitative estimate of drug-likeness (QED) is 0.346. The summed E-state index contributed by atoms with van der Waals surface area (Å²) in [5.41, 5.74) is 3.08. The Morgan fingerprint density at radius 2 is 1.83 bits per heavy atom. The van der Waals surface area contributed by atoms with Crippen molar-refractivity contribution in [2.45, 2.75) is 18.9 Å². The topological polar surface area (TPSA) is 105 Å². The highest BCUT2D eigenvalue weighted by Gasteiger charge is 2.24. The number of nitrogens with zero attached hydrogens (tertiary/aromatic N) is 5. The number of pyridine rings is 1. The minimum atomic E-state index is -0.929. The molecule has 5 rings (SSSR count). The lowest BCUT2D eigenvalue weighted by Crippen LogP contribution is -2.19. The molecule has 9 heteroatoms. The molecule has 176 valence electrons. The lowest BCUT2D eigenvalue weighted by Gasteiger charge is -2.10. The van der Waals surface area contributed by atoms with Crippen LogP contribution in [0.2, 0.25) is 0 Å². The summed E-state index contributed by atoms with van der Waals surface area (Å²) >= 11 is 1.35. The summed E-state index contributed by atoms with van der Waals surface area (Å²) in [6, 6.07) is 20.6. The van der Waals surface area contributed by atoms with Gasteiger partial charge in [-0.1, -0.05) is 24.3 Å². The summed E-state index contributed by atoms with van der Waals surface area (Å²) in [5, 5.41) is 9.96. The van der Waals surface area contributed by atoms with Crippen molar-refractivity contribution >= 4 is 44.1 Å². The molecule has 35 heavy (non-hydrogen) atoms. The number of benzene rings is 2. The molecule has 8 nitrogen and oxygen atoms in total. The molecular formula is C26H23N5O3S. The molecule has 0 radical (unpaired) electrons.